The number of thiocarbonyl (C=S) groups is 1. The van der Waals surface area contributed by atoms with Gasteiger partial charge < -0.3 is 19.9 Å². The monoisotopic (exact) mass is 536 g/mol. The van der Waals surface area contributed by atoms with Gasteiger partial charge in [-0.2, -0.15) is 0 Å². The molecule has 2 N–H and O–H groups in total. The van der Waals surface area contributed by atoms with Crippen molar-refractivity contribution in [3.63, 3.8) is 0 Å². The zero-order chi connectivity index (χ0) is 26.4. The number of hydrogen-bond acceptors (Lipinski definition) is 5. The molecule has 3 aromatic carbocycles. The Hall–Kier alpha value is -3.62. The molecular formula is C28H29ClN4O3S. The first-order chi connectivity index (χ1) is 17.8. The van der Waals surface area contributed by atoms with Crippen molar-refractivity contribution >= 4 is 52.1 Å². The van der Waals surface area contributed by atoms with Crippen molar-refractivity contribution in [3.05, 3.63) is 88.9 Å². The molecule has 0 atom stereocenters. The number of carbonyl (C=O) groups is 2. The van der Waals surface area contributed by atoms with Gasteiger partial charge in [-0.25, -0.2) is 0 Å². The zero-order valence-electron chi connectivity index (χ0n) is 20.7. The van der Waals surface area contributed by atoms with E-state index < -0.39 is 0 Å². The Morgan fingerprint density at radius 2 is 1.59 bits per heavy atom. The molecule has 7 nitrogen and oxygen atoms in total. The fourth-order valence-corrected chi connectivity index (χ4v) is 4.36. The van der Waals surface area contributed by atoms with Gasteiger partial charge in [0.05, 0.1) is 6.10 Å². The second-order valence-electron chi connectivity index (χ2n) is 8.94. The number of anilines is 2. The molecule has 0 radical (unpaired) electrons. The third kappa shape index (κ3) is 7.21. The van der Waals surface area contributed by atoms with Gasteiger partial charge in [0.15, 0.2) is 5.11 Å². The highest BCUT2D eigenvalue weighted by Gasteiger charge is 2.22. The number of amides is 2. The van der Waals surface area contributed by atoms with Crippen LogP contribution >= 0.6 is 23.8 Å². The molecule has 3 aromatic rings. The summed E-state index contributed by atoms with van der Waals surface area (Å²) < 4.78 is 5.65. The van der Waals surface area contributed by atoms with E-state index in [1.165, 1.54) is 0 Å². The highest BCUT2D eigenvalue weighted by Crippen LogP contribution is 2.21. The summed E-state index contributed by atoms with van der Waals surface area (Å²) in [7, 11) is 0. The Morgan fingerprint density at radius 1 is 0.919 bits per heavy atom. The lowest BCUT2D eigenvalue weighted by molar-refractivity contribution is 0.0746. The smallest absolute Gasteiger partial charge is 0.257 e. The number of benzene rings is 3. The van der Waals surface area contributed by atoms with Crippen molar-refractivity contribution in [2.24, 2.45) is 0 Å². The number of nitrogens with one attached hydrogen (secondary N) is 2. The van der Waals surface area contributed by atoms with E-state index in [1.54, 1.807) is 42.5 Å². The second kappa shape index (κ2) is 12.1. The van der Waals surface area contributed by atoms with Crippen LogP contribution in [0.1, 0.15) is 34.6 Å². The molecular weight excluding hydrogens is 508 g/mol. The standard InChI is InChI=1S/C28H29ClN4O3S/c1-19(2)36-25-5-3-4-21(18-25)26(34)31-28(37)30-23-10-12-24(13-11-23)32-14-16-33(17-15-32)27(35)20-6-8-22(29)9-7-20/h3-13,18-19H,14-17H2,1-2H3,(H2,30,31,34,37). The van der Waals surface area contributed by atoms with E-state index in [4.69, 9.17) is 28.6 Å². The summed E-state index contributed by atoms with van der Waals surface area (Å²) in [6.07, 6.45) is 0.0183. The van der Waals surface area contributed by atoms with Crippen molar-refractivity contribution in [2.45, 2.75) is 20.0 Å². The van der Waals surface area contributed by atoms with Crippen molar-refractivity contribution in [2.75, 3.05) is 36.4 Å². The Balaban J connectivity index is 1.27. The van der Waals surface area contributed by atoms with Crippen molar-refractivity contribution in [3.8, 4) is 5.75 Å². The second-order valence-corrected chi connectivity index (χ2v) is 9.78. The molecule has 192 valence electrons. The van der Waals surface area contributed by atoms with E-state index in [1.807, 2.05) is 49.1 Å². The van der Waals surface area contributed by atoms with Gasteiger partial charge in [0, 0.05) is 53.7 Å². The number of ether oxygens (including phenoxy) is 1. The molecule has 1 fully saturated rings. The molecule has 0 aromatic heterocycles. The fourth-order valence-electron chi connectivity index (χ4n) is 4.02. The number of carbonyl (C=O) groups excluding carboxylic acids is 2. The van der Waals surface area contributed by atoms with E-state index in [-0.39, 0.29) is 23.0 Å². The Morgan fingerprint density at radius 3 is 2.24 bits per heavy atom. The molecule has 1 aliphatic heterocycles. The van der Waals surface area contributed by atoms with E-state index in [0.717, 1.165) is 24.5 Å². The van der Waals surface area contributed by atoms with Crippen LogP contribution in [0, 0.1) is 0 Å². The largest absolute Gasteiger partial charge is 0.491 e. The van der Waals surface area contributed by atoms with Gasteiger partial charge in [-0.3, -0.25) is 14.9 Å². The lowest BCUT2D eigenvalue weighted by Crippen LogP contribution is -2.48. The average Bonchev–Trinajstić information content (AvgIpc) is 2.89. The predicted octanol–water partition coefficient (Wildman–Crippen LogP) is 5.22. The molecule has 4 rings (SSSR count). The SMILES string of the molecule is CC(C)Oc1cccc(C(=O)NC(=S)Nc2ccc(N3CCN(C(=O)c4ccc(Cl)cc4)CC3)cc2)c1. The summed E-state index contributed by atoms with van der Waals surface area (Å²) in [4.78, 5) is 29.4. The molecule has 0 unspecified atom stereocenters. The quantitative estimate of drug-likeness (QED) is 0.421. The summed E-state index contributed by atoms with van der Waals surface area (Å²) in [6, 6.07) is 21.8. The number of rotatable bonds is 6. The molecule has 2 amide bonds. The number of hydrogen-bond donors (Lipinski definition) is 2. The van der Waals surface area contributed by atoms with Gasteiger partial charge >= 0.3 is 0 Å². The highest BCUT2D eigenvalue weighted by molar-refractivity contribution is 7.80. The molecule has 1 heterocycles. The number of halogens is 1. The van der Waals surface area contributed by atoms with Gasteiger partial charge in [-0.1, -0.05) is 17.7 Å². The molecule has 9 heteroatoms. The van der Waals surface area contributed by atoms with Crippen LogP contribution in [0.5, 0.6) is 5.75 Å². The minimum Gasteiger partial charge on any atom is -0.491 e. The van der Waals surface area contributed by atoms with Crippen molar-refractivity contribution in [1.82, 2.24) is 10.2 Å². The van der Waals surface area contributed by atoms with Crippen LogP contribution < -0.4 is 20.3 Å². The maximum Gasteiger partial charge on any atom is 0.257 e. The van der Waals surface area contributed by atoms with E-state index in [9.17, 15) is 9.59 Å². The minimum absolute atomic E-state index is 0.0183. The molecule has 1 saturated heterocycles. The molecule has 0 spiro atoms. The van der Waals surface area contributed by atoms with Gasteiger partial charge in [-0.05, 0) is 92.8 Å². The maximum atomic E-state index is 12.7. The number of piperazine rings is 1. The number of nitrogens with zero attached hydrogens (tertiary/aromatic N) is 2. The van der Waals surface area contributed by atoms with Crippen LogP contribution in [0.15, 0.2) is 72.8 Å². The van der Waals surface area contributed by atoms with Crippen LogP contribution in [0.25, 0.3) is 0 Å². The predicted molar refractivity (Wildman–Crippen MR) is 152 cm³/mol. The lowest BCUT2D eigenvalue weighted by atomic mass is 10.1. The lowest BCUT2D eigenvalue weighted by Gasteiger charge is -2.36. The summed E-state index contributed by atoms with van der Waals surface area (Å²) in [5.41, 5.74) is 2.93. The highest BCUT2D eigenvalue weighted by atomic mass is 35.5. The van der Waals surface area contributed by atoms with Crippen molar-refractivity contribution < 1.29 is 14.3 Å². The topological polar surface area (TPSA) is 73.9 Å². The van der Waals surface area contributed by atoms with Gasteiger partial charge in [0.1, 0.15) is 5.75 Å². The van der Waals surface area contributed by atoms with Crippen LogP contribution in [0.3, 0.4) is 0 Å². The summed E-state index contributed by atoms with van der Waals surface area (Å²) in [6.45, 7) is 6.62. The molecule has 37 heavy (non-hydrogen) atoms. The van der Waals surface area contributed by atoms with Crippen molar-refractivity contribution in [1.29, 1.82) is 0 Å². The fraction of sp³-hybridized carbons (Fsp3) is 0.250. The summed E-state index contributed by atoms with van der Waals surface area (Å²) in [5, 5.41) is 6.58. The van der Waals surface area contributed by atoms with Gasteiger partial charge in [0.2, 0.25) is 0 Å². The first kappa shape index (κ1) is 26.4. The maximum absolute atomic E-state index is 12.7. The van der Waals surface area contributed by atoms with E-state index >= 15 is 0 Å². The molecule has 0 aliphatic carbocycles. The molecule has 1 aliphatic rings. The first-order valence-corrected chi connectivity index (χ1v) is 12.9. The van der Waals surface area contributed by atoms with Gasteiger partial charge in [-0.15, -0.1) is 0 Å². The Bertz CT molecular complexity index is 1260. The van der Waals surface area contributed by atoms with Crippen LogP contribution in [0.4, 0.5) is 11.4 Å². The van der Waals surface area contributed by atoms with Crippen LogP contribution in [0.2, 0.25) is 5.02 Å². The Kier molecular flexibility index (Phi) is 8.63. The van der Waals surface area contributed by atoms with E-state index in [0.29, 0.717) is 35.0 Å². The average molecular weight is 537 g/mol. The van der Waals surface area contributed by atoms with Crippen LogP contribution in [-0.2, 0) is 0 Å². The third-order valence-corrected chi connectivity index (χ3v) is 6.30. The van der Waals surface area contributed by atoms with Crippen LogP contribution in [-0.4, -0.2) is 54.1 Å². The third-order valence-electron chi connectivity index (χ3n) is 5.84. The normalized spacial score (nSPS) is 13.3. The Labute approximate surface area is 227 Å². The summed E-state index contributed by atoms with van der Waals surface area (Å²) in [5.74, 6) is 0.340. The molecule has 0 bridgehead atoms. The first-order valence-electron chi connectivity index (χ1n) is 12.1. The minimum atomic E-state index is -0.311. The summed E-state index contributed by atoms with van der Waals surface area (Å²) >= 11 is 11.3. The zero-order valence-corrected chi connectivity index (χ0v) is 22.3. The molecule has 0 saturated carbocycles. The van der Waals surface area contributed by atoms with E-state index in [2.05, 4.69) is 15.5 Å². The van der Waals surface area contributed by atoms with Gasteiger partial charge in [0.25, 0.3) is 11.8 Å².